The first-order chi connectivity index (χ1) is 5.87. The average molecular weight is 184 g/mol. The molecule has 2 atom stereocenters. The molecule has 2 nitrogen and oxygen atoms in total. The van der Waals surface area contributed by atoms with Crippen LogP contribution in [0.2, 0.25) is 0 Å². The summed E-state index contributed by atoms with van der Waals surface area (Å²) in [7, 11) is 1.74. The summed E-state index contributed by atoms with van der Waals surface area (Å²) in [5.41, 5.74) is -0.729. The lowest BCUT2D eigenvalue weighted by atomic mass is 9.78. The Morgan fingerprint density at radius 2 is 2.15 bits per heavy atom. The second-order valence-corrected chi connectivity index (χ2v) is 4.67. The van der Waals surface area contributed by atoms with Gasteiger partial charge >= 0.3 is 0 Å². The zero-order chi connectivity index (χ0) is 10.1. The fourth-order valence-electron chi connectivity index (χ4n) is 1.68. The van der Waals surface area contributed by atoms with Gasteiger partial charge in [-0.05, 0) is 33.6 Å². The standard InChI is InChI=1S/C11H20O2/c1-10(2,13-4)9-5-7-11(3,12)8-6-9/h5,7,9,12H,6,8H2,1-4H3/t9-,11-/m0/s1. The van der Waals surface area contributed by atoms with Gasteiger partial charge in [0.05, 0.1) is 11.2 Å². The molecule has 0 amide bonds. The molecule has 0 radical (unpaired) electrons. The van der Waals surface area contributed by atoms with Crippen molar-refractivity contribution in [1.82, 2.24) is 0 Å². The van der Waals surface area contributed by atoms with E-state index in [9.17, 15) is 5.11 Å². The normalized spacial score (nSPS) is 35.0. The molecule has 0 aromatic carbocycles. The van der Waals surface area contributed by atoms with Crippen LogP contribution < -0.4 is 0 Å². The molecule has 0 saturated carbocycles. The zero-order valence-corrected chi connectivity index (χ0v) is 9.00. The molecule has 0 heterocycles. The Kier molecular flexibility index (Phi) is 2.83. The van der Waals surface area contributed by atoms with E-state index >= 15 is 0 Å². The summed E-state index contributed by atoms with van der Waals surface area (Å²) in [5, 5.41) is 9.70. The third-order valence-corrected chi connectivity index (χ3v) is 3.07. The largest absolute Gasteiger partial charge is 0.386 e. The van der Waals surface area contributed by atoms with Crippen LogP contribution in [0, 0.1) is 5.92 Å². The van der Waals surface area contributed by atoms with Gasteiger partial charge < -0.3 is 9.84 Å². The van der Waals surface area contributed by atoms with Gasteiger partial charge in [0.25, 0.3) is 0 Å². The Hall–Kier alpha value is -0.340. The average Bonchev–Trinajstić information content (AvgIpc) is 2.04. The van der Waals surface area contributed by atoms with Gasteiger partial charge in [-0.15, -0.1) is 0 Å². The number of ether oxygens (including phenoxy) is 1. The fourth-order valence-corrected chi connectivity index (χ4v) is 1.68. The maximum absolute atomic E-state index is 9.70. The third kappa shape index (κ3) is 2.55. The van der Waals surface area contributed by atoms with Crippen molar-refractivity contribution in [1.29, 1.82) is 0 Å². The molecule has 0 aliphatic heterocycles. The van der Waals surface area contributed by atoms with Gasteiger partial charge in [-0.25, -0.2) is 0 Å². The number of aliphatic hydroxyl groups is 1. The second-order valence-electron chi connectivity index (χ2n) is 4.67. The number of methoxy groups -OCH3 is 1. The van der Waals surface area contributed by atoms with Crippen molar-refractivity contribution in [3.8, 4) is 0 Å². The molecule has 0 saturated heterocycles. The number of hydrogen-bond acceptors (Lipinski definition) is 2. The number of hydrogen-bond donors (Lipinski definition) is 1. The minimum atomic E-state index is -0.611. The highest BCUT2D eigenvalue weighted by atomic mass is 16.5. The van der Waals surface area contributed by atoms with Crippen LogP contribution in [-0.2, 0) is 4.74 Å². The number of rotatable bonds is 2. The van der Waals surface area contributed by atoms with E-state index in [1.807, 2.05) is 13.0 Å². The lowest BCUT2D eigenvalue weighted by Crippen LogP contribution is -2.37. The van der Waals surface area contributed by atoms with E-state index < -0.39 is 5.60 Å². The molecule has 0 bridgehead atoms. The summed E-state index contributed by atoms with van der Waals surface area (Å²) < 4.78 is 5.41. The molecule has 0 spiro atoms. The minimum Gasteiger partial charge on any atom is -0.386 e. The van der Waals surface area contributed by atoms with Crippen LogP contribution >= 0.6 is 0 Å². The predicted octanol–water partition coefficient (Wildman–Crippen LogP) is 2.13. The molecule has 0 fully saturated rings. The van der Waals surface area contributed by atoms with Crippen LogP contribution in [0.15, 0.2) is 12.2 Å². The van der Waals surface area contributed by atoms with Crippen LogP contribution in [-0.4, -0.2) is 23.4 Å². The van der Waals surface area contributed by atoms with Crippen molar-refractivity contribution in [3.63, 3.8) is 0 Å². The highest BCUT2D eigenvalue weighted by molar-refractivity contribution is 5.09. The van der Waals surface area contributed by atoms with Gasteiger partial charge in [0, 0.05) is 13.0 Å². The quantitative estimate of drug-likeness (QED) is 0.666. The maximum Gasteiger partial charge on any atom is 0.0800 e. The summed E-state index contributed by atoms with van der Waals surface area (Å²) in [6, 6.07) is 0. The van der Waals surface area contributed by atoms with Crippen LogP contribution in [0.3, 0.4) is 0 Å². The van der Waals surface area contributed by atoms with Crippen molar-refractivity contribution in [2.45, 2.75) is 44.8 Å². The molecule has 0 unspecified atom stereocenters. The SMILES string of the molecule is COC(C)(C)[C@H]1C=C[C@](C)(O)CC1. The van der Waals surface area contributed by atoms with E-state index in [0.717, 1.165) is 12.8 Å². The lowest BCUT2D eigenvalue weighted by molar-refractivity contribution is -0.0265. The Morgan fingerprint density at radius 1 is 1.54 bits per heavy atom. The molecule has 0 aromatic rings. The third-order valence-electron chi connectivity index (χ3n) is 3.07. The Bertz CT molecular complexity index is 204. The van der Waals surface area contributed by atoms with Gasteiger partial charge in [0.2, 0.25) is 0 Å². The fraction of sp³-hybridized carbons (Fsp3) is 0.818. The molecule has 1 rings (SSSR count). The van der Waals surface area contributed by atoms with Crippen LogP contribution in [0.5, 0.6) is 0 Å². The van der Waals surface area contributed by atoms with Gasteiger partial charge in [-0.3, -0.25) is 0 Å². The first-order valence-corrected chi connectivity index (χ1v) is 4.84. The van der Waals surface area contributed by atoms with E-state index in [1.54, 1.807) is 7.11 Å². The molecular weight excluding hydrogens is 164 g/mol. The van der Waals surface area contributed by atoms with E-state index in [-0.39, 0.29) is 5.60 Å². The Balaban J connectivity index is 2.68. The highest BCUT2D eigenvalue weighted by Gasteiger charge is 2.32. The van der Waals surface area contributed by atoms with Crippen molar-refractivity contribution in [2.24, 2.45) is 5.92 Å². The molecule has 76 valence electrons. The minimum absolute atomic E-state index is 0.118. The van der Waals surface area contributed by atoms with Crippen molar-refractivity contribution < 1.29 is 9.84 Å². The van der Waals surface area contributed by atoms with Gasteiger partial charge in [-0.2, -0.15) is 0 Å². The van der Waals surface area contributed by atoms with E-state index in [2.05, 4.69) is 19.9 Å². The Labute approximate surface area is 80.6 Å². The van der Waals surface area contributed by atoms with Crippen LogP contribution in [0.25, 0.3) is 0 Å². The van der Waals surface area contributed by atoms with E-state index in [0.29, 0.717) is 5.92 Å². The topological polar surface area (TPSA) is 29.5 Å². The van der Waals surface area contributed by atoms with Gasteiger partial charge in [-0.1, -0.05) is 12.2 Å². The molecule has 1 N–H and O–H groups in total. The van der Waals surface area contributed by atoms with E-state index in [4.69, 9.17) is 4.74 Å². The first-order valence-electron chi connectivity index (χ1n) is 4.84. The summed E-state index contributed by atoms with van der Waals surface area (Å²) in [4.78, 5) is 0. The molecule has 13 heavy (non-hydrogen) atoms. The van der Waals surface area contributed by atoms with Crippen LogP contribution in [0.4, 0.5) is 0 Å². The van der Waals surface area contributed by atoms with Crippen molar-refractivity contribution in [3.05, 3.63) is 12.2 Å². The Morgan fingerprint density at radius 3 is 2.54 bits per heavy atom. The molecule has 2 heteroatoms. The van der Waals surface area contributed by atoms with Crippen molar-refractivity contribution in [2.75, 3.05) is 7.11 Å². The summed E-state index contributed by atoms with van der Waals surface area (Å²) >= 11 is 0. The highest BCUT2D eigenvalue weighted by Crippen LogP contribution is 2.33. The summed E-state index contributed by atoms with van der Waals surface area (Å²) in [6.07, 6.45) is 5.78. The first kappa shape index (κ1) is 10.7. The molecule has 0 aromatic heterocycles. The summed E-state index contributed by atoms with van der Waals surface area (Å²) in [6.45, 7) is 6.02. The zero-order valence-electron chi connectivity index (χ0n) is 9.00. The molecule has 1 aliphatic rings. The maximum atomic E-state index is 9.70. The predicted molar refractivity (Wildman–Crippen MR) is 53.6 cm³/mol. The van der Waals surface area contributed by atoms with Gasteiger partial charge in [0.15, 0.2) is 0 Å². The van der Waals surface area contributed by atoms with Crippen molar-refractivity contribution >= 4 is 0 Å². The lowest BCUT2D eigenvalue weighted by Gasteiger charge is -2.36. The van der Waals surface area contributed by atoms with Gasteiger partial charge in [0.1, 0.15) is 0 Å². The molecule has 1 aliphatic carbocycles. The van der Waals surface area contributed by atoms with Crippen LogP contribution in [0.1, 0.15) is 33.6 Å². The monoisotopic (exact) mass is 184 g/mol. The molecular formula is C11H20O2. The van der Waals surface area contributed by atoms with E-state index in [1.165, 1.54) is 0 Å². The summed E-state index contributed by atoms with van der Waals surface area (Å²) in [5.74, 6) is 0.415. The smallest absolute Gasteiger partial charge is 0.0800 e. The second kappa shape index (κ2) is 3.43.